The van der Waals surface area contributed by atoms with E-state index in [-0.39, 0.29) is 11.5 Å². The zero-order valence-corrected chi connectivity index (χ0v) is 23.1. The van der Waals surface area contributed by atoms with Gasteiger partial charge in [-0.05, 0) is 78.3 Å². The first-order chi connectivity index (χ1) is 20.2. The van der Waals surface area contributed by atoms with Crippen LogP contribution in [0.5, 0.6) is 5.75 Å². The van der Waals surface area contributed by atoms with Crippen molar-refractivity contribution in [3.63, 3.8) is 0 Å². The first kappa shape index (κ1) is 28.8. The summed E-state index contributed by atoms with van der Waals surface area (Å²) in [6, 6.07) is 29.8. The summed E-state index contributed by atoms with van der Waals surface area (Å²) in [5.41, 5.74) is 7.11. The average Bonchev–Trinajstić information content (AvgIpc) is 3.46. The van der Waals surface area contributed by atoms with Crippen molar-refractivity contribution in [2.24, 2.45) is 0 Å². The molecule has 0 bridgehead atoms. The molecule has 0 amide bonds. The van der Waals surface area contributed by atoms with E-state index in [0.29, 0.717) is 24.4 Å². The van der Waals surface area contributed by atoms with Crippen molar-refractivity contribution in [1.29, 1.82) is 0 Å². The molecule has 8 heteroatoms. The largest absolute Gasteiger partial charge is 0.573 e. The smallest absolute Gasteiger partial charge is 0.406 e. The van der Waals surface area contributed by atoms with Crippen molar-refractivity contribution in [1.82, 2.24) is 14.8 Å². The molecule has 0 aliphatic heterocycles. The van der Waals surface area contributed by atoms with Gasteiger partial charge < -0.3 is 4.74 Å². The van der Waals surface area contributed by atoms with Crippen LogP contribution in [0, 0.1) is 6.92 Å². The van der Waals surface area contributed by atoms with Crippen LogP contribution in [0.25, 0.3) is 28.2 Å². The van der Waals surface area contributed by atoms with Gasteiger partial charge in [0.05, 0.1) is 5.69 Å². The van der Waals surface area contributed by atoms with Crippen LogP contribution in [-0.2, 0) is 17.6 Å². The van der Waals surface area contributed by atoms with Crippen molar-refractivity contribution in [3.8, 4) is 34.0 Å². The highest BCUT2D eigenvalue weighted by atomic mass is 19.4. The van der Waals surface area contributed by atoms with Crippen LogP contribution in [0.4, 0.5) is 13.2 Å². The second kappa shape index (κ2) is 12.9. The quantitative estimate of drug-likeness (QED) is 0.150. The van der Waals surface area contributed by atoms with E-state index in [1.165, 1.54) is 46.4 Å². The Balaban J connectivity index is 1.11. The summed E-state index contributed by atoms with van der Waals surface area (Å²) in [5.74, 6) is 0.458. The number of ketones is 1. The van der Waals surface area contributed by atoms with Crippen LogP contribution < -0.4 is 4.74 Å². The number of carbonyl (C=O) groups is 1. The predicted molar refractivity (Wildman–Crippen MR) is 156 cm³/mol. The fraction of sp³-hybridized carbons (Fsp3) is 0.206. The lowest BCUT2D eigenvalue weighted by molar-refractivity contribution is -0.274. The fourth-order valence-electron chi connectivity index (χ4n) is 4.91. The molecule has 214 valence electrons. The Morgan fingerprint density at radius 2 is 1.52 bits per heavy atom. The molecule has 0 N–H and O–H groups in total. The molecule has 0 spiro atoms. The second-order valence-corrected chi connectivity index (χ2v) is 10.1. The van der Waals surface area contributed by atoms with Crippen LogP contribution in [0.2, 0.25) is 0 Å². The minimum absolute atomic E-state index is 0.246. The number of carbonyl (C=O) groups excluding carboxylic acids is 1. The van der Waals surface area contributed by atoms with Gasteiger partial charge in [-0.1, -0.05) is 72.8 Å². The molecule has 0 unspecified atom stereocenters. The number of nitrogens with zero attached hydrogens (tertiary/aromatic N) is 3. The van der Waals surface area contributed by atoms with E-state index >= 15 is 0 Å². The molecule has 5 aromatic rings. The van der Waals surface area contributed by atoms with Crippen molar-refractivity contribution < 1.29 is 22.7 Å². The number of halogens is 3. The van der Waals surface area contributed by atoms with Gasteiger partial charge in [0.2, 0.25) is 0 Å². The van der Waals surface area contributed by atoms with Crippen molar-refractivity contribution in [2.75, 3.05) is 0 Å². The van der Waals surface area contributed by atoms with Gasteiger partial charge in [-0.25, -0.2) is 9.67 Å². The van der Waals surface area contributed by atoms with Gasteiger partial charge in [0.1, 0.15) is 17.9 Å². The molecule has 1 aromatic heterocycles. The monoisotopic (exact) mass is 569 g/mol. The van der Waals surface area contributed by atoms with Crippen LogP contribution in [-0.4, -0.2) is 26.9 Å². The first-order valence-corrected chi connectivity index (χ1v) is 13.8. The Kier molecular flexibility index (Phi) is 8.81. The highest BCUT2D eigenvalue weighted by Gasteiger charge is 2.31. The molecule has 42 heavy (non-hydrogen) atoms. The summed E-state index contributed by atoms with van der Waals surface area (Å²) >= 11 is 0. The topological polar surface area (TPSA) is 57.0 Å². The van der Waals surface area contributed by atoms with Crippen molar-refractivity contribution >= 4 is 5.78 Å². The zero-order valence-electron chi connectivity index (χ0n) is 23.1. The third-order valence-electron chi connectivity index (χ3n) is 7.05. The molecule has 0 atom stereocenters. The number of hydrogen-bond acceptors (Lipinski definition) is 4. The number of aryl methyl sites for hydroxylation is 2. The van der Waals surface area contributed by atoms with Crippen LogP contribution in [0.15, 0.2) is 103 Å². The minimum atomic E-state index is -4.74. The molecule has 0 saturated heterocycles. The van der Waals surface area contributed by atoms with Gasteiger partial charge in [-0.2, -0.15) is 0 Å². The SMILES string of the molecule is Cc1ccccc1-c1ccccc1CC(=O)CCCCc1ccc(-c2ncn(-c3ccc(OC(F)(F)F)cc3)n2)cc1. The van der Waals surface area contributed by atoms with Gasteiger partial charge >= 0.3 is 6.36 Å². The van der Waals surface area contributed by atoms with E-state index in [1.54, 1.807) is 0 Å². The van der Waals surface area contributed by atoms with Gasteiger partial charge in [0.25, 0.3) is 0 Å². The number of benzene rings is 4. The molecule has 1 heterocycles. The maximum absolute atomic E-state index is 12.8. The van der Waals surface area contributed by atoms with E-state index in [2.05, 4.69) is 39.9 Å². The number of rotatable bonds is 11. The predicted octanol–water partition coefficient (Wildman–Crippen LogP) is 8.33. The Morgan fingerprint density at radius 1 is 0.833 bits per heavy atom. The molecule has 5 nitrogen and oxygen atoms in total. The highest BCUT2D eigenvalue weighted by molar-refractivity contribution is 5.84. The summed E-state index contributed by atoms with van der Waals surface area (Å²) < 4.78 is 42.6. The normalized spacial score (nSPS) is 11.4. The number of unbranched alkanes of at least 4 members (excludes halogenated alkanes) is 1. The van der Waals surface area contributed by atoms with Gasteiger partial charge in [-0.3, -0.25) is 4.79 Å². The Morgan fingerprint density at radius 3 is 2.24 bits per heavy atom. The molecule has 0 saturated carbocycles. The van der Waals surface area contributed by atoms with Crippen LogP contribution in [0.1, 0.15) is 36.0 Å². The van der Waals surface area contributed by atoms with Crippen molar-refractivity contribution in [2.45, 2.75) is 45.4 Å². The molecule has 0 radical (unpaired) electrons. The first-order valence-electron chi connectivity index (χ1n) is 13.8. The third-order valence-corrected chi connectivity index (χ3v) is 7.05. The van der Waals surface area contributed by atoms with E-state index in [4.69, 9.17) is 0 Å². The summed E-state index contributed by atoms with van der Waals surface area (Å²) in [6.45, 7) is 2.09. The fourth-order valence-corrected chi connectivity index (χ4v) is 4.91. The molecule has 0 fully saturated rings. The van der Waals surface area contributed by atoms with E-state index in [0.717, 1.165) is 41.5 Å². The van der Waals surface area contributed by atoms with Crippen LogP contribution >= 0.6 is 0 Å². The lowest BCUT2D eigenvalue weighted by atomic mass is 9.92. The summed E-state index contributed by atoms with van der Waals surface area (Å²) in [5, 5.41) is 4.45. The Hall–Kier alpha value is -4.72. The number of Topliss-reactive ketones (excluding diaryl/α,β-unsaturated/α-hetero) is 1. The average molecular weight is 570 g/mol. The number of ether oxygens (including phenoxy) is 1. The standard InChI is InChI=1S/C34H30F3N3O2/c1-24-8-2-6-12-31(24)32-13-7-4-10-27(32)22-29(41)11-5-3-9-25-14-16-26(17-15-25)33-38-23-40(39-33)28-18-20-30(21-19-28)42-34(35,36)37/h2,4,6-8,10,12-21,23H,3,5,9,11,22H2,1H3. The highest BCUT2D eigenvalue weighted by Crippen LogP contribution is 2.28. The lowest BCUT2D eigenvalue weighted by Crippen LogP contribution is -2.17. The third kappa shape index (κ3) is 7.51. The van der Waals surface area contributed by atoms with Crippen molar-refractivity contribution in [3.05, 3.63) is 120 Å². The maximum atomic E-state index is 12.8. The van der Waals surface area contributed by atoms with E-state index in [1.807, 2.05) is 54.6 Å². The molecule has 0 aliphatic rings. The molecule has 0 aliphatic carbocycles. The Labute approximate surface area is 242 Å². The zero-order chi connectivity index (χ0) is 29.5. The van der Waals surface area contributed by atoms with Gasteiger partial charge in [0, 0.05) is 18.4 Å². The van der Waals surface area contributed by atoms with Gasteiger partial charge in [0.15, 0.2) is 5.82 Å². The molecule has 4 aromatic carbocycles. The molecular weight excluding hydrogens is 539 g/mol. The van der Waals surface area contributed by atoms with E-state index in [9.17, 15) is 18.0 Å². The summed E-state index contributed by atoms with van der Waals surface area (Å²) in [4.78, 5) is 17.1. The number of aromatic nitrogens is 3. The lowest BCUT2D eigenvalue weighted by Gasteiger charge is -2.11. The maximum Gasteiger partial charge on any atom is 0.573 e. The molecular formula is C34H30F3N3O2. The summed E-state index contributed by atoms with van der Waals surface area (Å²) in [6.07, 6.45) is 0.355. The number of alkyl halides is 3. The Bertz CT molecular complexity index is 1640. The minimum Gasteiger partial charge on any atom is -0.406 e. The van der Waals surface area contributed by atoms with Crippen LogP contribution in [0.3, 0.4) is 0 Å². The number of hydrogen-bond donors (Lipinski definition) is 0. The van der Waals surface area contributed by atoms with Gasteiger partial charge in [-0.15, -0.1) is 18.3 Å². The summed E-state index contributed by atoms with van der Waals surface area (Å²) in [7, 11) is 0. The molecule has 5 rings (SSSR count). The van der Waals surface area contributed by atoms with E-state index < -0.39 is 6.36 Å². The second-order valence-electron chi connectivity index (χ2n) is 10.1.